The molecule has 0 aromatic heterocycles. The number of aryl methyl sites for hydroxylation is 1. The Labute approximate surface area is 121 Å². The molecule has 1 saturated heterocycles. The van der Waals surface area contributed by atoms with Crippen molar-refractivity contribution in [1.29, 1.82) is 0 Å². The summed E-state index contributed by atoms with van der Waals surface area (Å²) in [7, 11) is -3.50. The van der Waals surface area contributed by atoms with Crippen molar-refractivity contribution in [2.24, 2.45) is 0 Å². The summed E-state index contributed by atoms with van der Waals surface area (Å²) in [6, 6.07) is 5.18. The third-order valence-electron chi connectivity index (χ3n) is 4.10. The van der Waals surface area contributed by atoms with Crippen molar-refractivity contribution in [3.05, 3.63) is 29.3 Å². The molecule has 0 spiro atoms. The van der Waals surface area contributed by atoms with E-state index >= 15 is 0 Å². The normalized spacial score (nSPS) is 24.8. The van der Waals surface area contributed by atoms with E-state index in [-0.39, 0.29) is 18.7 Å². The van der Waals surface area contributed by atoms with E-state index in [1.54, 1.807) is 29.4 Å². The summed E-state index contributed by atoms with van der Waals surface area (Å²) >= 11 is 0. The summed E-state index contributed by atoms with van der Waals surface area (Å²) in [4.78, 5) is 0.324. The van der Waals surface area contributed by atoms with Crippen LogP contribution in [-0.4, -0.2) is 29.9 Å². The molecule has 1 heterocycles. The lowest BCUT2D eigenvalue weighted by atomic mass is 10.0. The van der Waals surface area contributed by atoms with Gasteiger partial charge < -0.3 is 5.11 Å². The quantitative estimate of drug-likeness (QED) is 0.932. The van der Waals surface area contributed by atoms with Gasteiger partial charge in [0.05, 0.1) is 11.5 Å². The number of aliphatic hydroxyl groups excluding tert-OH is 1. The average Bonchev–Trinajstić information content (AvgIpc) is 2.38. The Hall–Kier alpha value is -0.910. The van der Waals surface area contributed by atoms with Crippen LogP contribution in [0.3, 0.4) is 0 Å². The van der Waals surface area contributed by atoms with Crippen molar-refractivity contribution in [3.8, 4) is 0 Å². The molecule has 1 N–H and O–H groups in total. The van der Waals surface area contributed by atoms with Crippen molar-refractivity contribution in [3.63, 3.8) is 0 Å². The second-order valence-electron chi connectivity index (χ2n) is 5.72. The average molecular weight is 297 g/mol. The van der Waals surface area contributed by atoms with Crippen molar-refractivity contribution in [2.75, 3.05) is 0 Å². The molecule has 0 unspecified atom stereocenters. The third-order valence-corrected chi connectivity index (χ3v) is 6.37. The predicted molar refractivity (Wildman–Crippen MR) is 78.9 cm³/mol. The number of rotatable bonds is 3. The van der Waals surface area contributed by atoms with Crippen molar-refractivity contribution in [1.82, 2.24) is 4.31 Å². The smallest absolute Gasteiger partial charge is 0.243 e. The van der Waals surface area contributed by atoms with E-state index in [0.29, 0.717) is 10.5 Å². The Bertz CT molecular complexity index is 573. The first-order valence-electron chi connectivity index (χ1n) is 7.12. The first kappa shape index (κ1) is 15.5. The van der Waals surface area contributed by atoms with Crippen LogP contribution in [-0.2, 0) is 16.6 Å². The highest BCUT2D eigenvalue weighted by Crippen LogP contribution is 2.31. The highest BCUT2D eigenvalue weighted by molar-refractivity contribution is 7.89. The van der Waals surface area contributed by atoms with E-state index in [2.05, 4.69) is 0 Å². The molecule has 2 rings (SSSR count). The molecule has 112 valence electrons. The zero-order valence-electron chi connectivity index (χ0n) is 12.3. The number of piperidine rings is 1. The van der Waals surface area contributed by atoms with Gasteiger partial charge in [0.15, 0.2) is 0 Å². The number of hydrogen-bond donors (Lipinski definition) is 1. The minimum Gasteiger partial charge on any atom is -0.392 e. The fraction of sp³-hybridized carbons (Fsp3) is 0.600. The largest absolute Gasteiger partial charge is 0.392 e. The van der Waals surface area contributed by atoms with E-state index in [1.165, 1.54) is 0 Å². The van der Waals surface area contributed by atoms with Gasteiger partial charge in [-0.15, -0.1) is 0 Å². The van der Waals surface area contributed by atoms with Gasteiger partial charge in [-0.25, -0.2) is 8.42 Å². The molecule has 5 heteroatoms. The summed E-state index contributed by atoms with van der Waals surface area (Å²) in [5.41, 5.74) is 1.36. The van der Waals surface area contributed by atoms with Gasteiger partial charge in [-0.1, -0.05) is 18.6 Å². The fourth-order valence-electron chi connectivity index (χ4n) is 3.01. The topological polar surface area (TPSA) is 57.6 Å². The van der Waals surface area contributed by atoms with Crippen molar-refractivity contribution in [2.45, 2.75) is 63.6 Å². The van der Waals surface area contributed by atoms with E-state index in [1.807, 2.05) is 13.8 Å². The maximum Gasteiger partial charge on any atom is 0.243 e. The van der Waals surface area contributed by atoms with Crippen LogP contribution in [0.4, 0.5) is 0 Å². The molecule has 0 bridgehead atoms. The lowest BCUT2D eigenvalue weighted by molar-refractivity contribution is 0.204. The van der Waals surface area contributed by atoms with E-state index in [9.17, 15) is 13.5 Å². The van der Waals surface area contributed by atoms with Crippen LogP contribution in [0.5, 0.6) is 0 Å². The molecule has 1 aromatic carbocycles. The van der Waals surface area contributed by atoms with E-state index in [0.717, 1.165) is 24.8 Å². The monoisotopic (exact) mass is 297 g/mol. The van der Waals surface area contributed by atoms with Gasteiger partial charge in [-0.3, -0.25) is 0 Å². The van der Waals surface area contributed by atoms with Crippen LogP contribution in [0.15, 0.2) is 23.1 Å². The van der Waals surface area contributed by atoms with Gasteiger partial charge in [0, 0.05) is 12.1 Å². The number of benzene rings is 1. The molecule has 0 radical (unpaired) electrons. The van der Waals surface area contributed by atoms with Crippen LogP contribution < -0.4 is 0 Å². The molecule has 0 amide bonds. The van der Waals surface area contributed by atoms with Gasteiger partial charge in [-0.2, -0.15) is 4.31 Å². The Morgan fingerprint density at radius 2 is 1.85 bits per heavy atom. The molecule has 2 atom stereocenters. The third kappa shape index (κ3) is 2.75. The highest BCUT2D eigenvalue weighted by atomic mass is 32.2. The number of aliphatic hydroxyl groups is 1. The van der Waals surface area contributed by atoms with Crippen molar-refractivity contribution >= 4 is 10.0 Å². The minimum atomic E-state index is -3.50. The molecule has 1 fully saturated rings. The van der Waals surface area contributed by atoms with Crippen LogP contribution >= 0.6 is 0 Å². The Morgan fingerprint density at radius 1 is 1.25 bits per heavy atom. The van der Waals surface area contributed by atoms with Crippen LogP contribution in [0.2, 0.25) is 0 Å². The van der Waals surface area contributed by atoms with Crippen molar-refractivity contribution < 1.29 is 13.5 Å². The van der Waals surface area contributed by atoms with Crippen LogP contribution in [0, 0.1) is 6.92 Å². The highest BCUT2D eigenvalue weighted by Gasteiger charge is 2.36. The standard InChI is InChI=1S/C15H23NO3S/c1-11-7-8-14(10-17)9-15(11)20(18,19)16-12(2)5-4-6-13(16)3/h7-9,12-13,17H,4-6,10H2,1-3H3/t12-,13+. The predicted octanol–water partition coefficient (Wildman–Crippen LogP) is 2.44. The van der Waals surface area contributed by atoms with E-state index in [4.69, 9.17) is 0 Å². The zero-order chi connectivity index (χ0) is 14.9. The number of hydrogen-bond acceptors (Lipinski definition) is 3. The first-order chi connectivity index (χ1) is 9.37. The number of nitrogens with zero attached hydrogens (tertiary/aromatic N) is 1. The second kappa shape index (κ2) is 5.84. The maximum atomic E-state index is 12.9. The summed E-state index contributed by atoms with van der Waals surface area (Å²) in [6.07, 6.45) is 2.88. The summed E-state index contributed by atoms with van der Waals surface area (Å²) in [5.74, 6) is 0. The van der Waals surface area contributed by atoms with Gasteiger partial charge in [-0.05, 0) is 50.8 Å². The van der Waals surface area contributed by atoms with Crippen LogP contribution in [0.25, 0.3) is 0 Å². The molecule has 1 aliphatic rings. The van der Waals surface area contributed by atoms with E-state index < -0.39 is 10.0 Å². The Kier molecular flexibility index (Phi) is 4.52. The zero-order valence-corrected chi connectivity index (χ0v) is 13.2. The number of sulfonamides is 1. The molecular formula is C15H23NO3S. The van der Waals surface area contributed by atoms with Gasteiger partial charge in [0.25, 0.3) is 0 Å². The maximum absolute atomic E-state index is 12.9. The fourth-order valence-corrected chi connectivity index (χ4v) is 5.17. The Balaban J connectivity index is 2.49. The summed E-state index contributed by atoms with van der Waals surface area (Å²) < 4.78 is 27.5. The lowest BCUT2D eigenvalue weighted by Crippen LogP contribution is -2.47. The SMILES string of the molecule is Cc1ccc(CO)cc1S(=O)(=O)N1[C@H](C)CCC[C@@H]1C. The molecule has 1 aromatic rings. The molecule has 4 nitrogen and oxygen atoms in total. The molecule has 1 aliphatic heterocycles. The minimum absolute atomic E-state index is 0.0286. The summed E-state index contributed by atoms with van der Waals surface area (Å²) in [5, 5.41) is 9.22. The Morgan fingerprint density at radius 3 is 2.40 bits per heavy atom. The van der Waals surface area contributed by atoms with Crippen LogP contribution in [0.1, 0.15) is 44.2 Å². The lowest BCUT2D eigenvalue weighted by Gasteiger charge is -2.38. The summed E-state index contributed by atoms with van der Waals surface area (Å²) in [6.45, 7) is 5.60. The molecule has 0 aliphatic carbocycles. The molecule has 20 heavy (non-hydrogen) atoms. The molecule has 0 saturated carbocycles. The van der Waals surface area contributed by atoms with Gasteiger partial charge in [0.2, 0.25) is 10.0 Å². The second-order valence-corrected chi connectivity index (χ2v) is 7.53. The first-order valence-corrected chi connectivity index (χ1v) is 8.56. The molecular weight excluding hydrogens is 274 g/mol. The van der Waals surface area contributed by atoms with Gasteiger partial charge in [0.1, 0.15) is 0 Å². The van der Waals surface area contributed by atoms with Gasteiger partial charge >= 0.3 is 0 Å².